The first-order chi connectivity index (χ1) is 6.77. The Hall–Kier alpha value is -2.11. The molecule has 70 valence electrons. The van der Waals surface area contributed by atoms with Crippen LogP contribution < -0.4 is 5.73 Å². The maximum Gasteiger partial charge on any atom is 0.170 e. The van der Waals surface area contributed by atoms with Crippen molar-refractivity contribution in [1.29, 1.82) is 0 Å². The van der Waals surface area contributed by atoms with Gasteiger partial charge >= 0.3 is 0 Å². The molecule has 3 heterocycles. The molecule has 0 fully saturated rings. The fourth-order valence-electron chi connectivity index (χ4n) is 1.64. The van der Waals surface area contributed by atoms with Crippen molar-refractivity contribution >= 4 is 22.4 Å². The summed E-state index contributed by atoms with van der Waals surface area (Å²) >= 11 is 0. The van der Waals surface area contributed by atoms with Gasteiger partial charge in [-0.05, 0) is 0 Å². The van der Waals surface area contributed by atoms with E-state index in [1.807, 2.05) is 7.05 Å². The van der Waals surface area contributed by atoms with E-state index in [1.54, 1.807) is 27.8 Å². The van der Waals surface area contributed by atoms with Gasteiger partial charge in [-0.1, -0.05) is 0 Å². The minimum atomic E-state index is 0.463. The van der Waals surface area contributed by atoms with Crippen LogP contribution in [0.4, 0.5) is 5.82 Å². The Kier molecular flexibility index (Phi) is 1.16. The highest BCUT2D eigenvalue weighted by atomic mass is 15.3. The first-order valence-electron chi connectivity index (χ1n) is 4.18. The highest BCUT2D eigenvalue weighted by Gasteiger charge is 2.10. The zero-order chi connectivity index (χ0) is 9.71. The van der Waals surface area contributed by atoms with Gasteiger partial charge in [0.2, 0.25) is 0 Å². The van der Waals surface area contributed by atoms with Crippen LogP contribution in [0.25, 0.3) is 16.6 Å². The normalized spacial score (nSPS) is 11.5. The summed E-state index contributed by atoms with van der Waals surface area (Å²) in [6, 6.07) is 0. The lowest BCUT2D eigenvalue weighted by atomic mass is 10.3. The van der Waals surface area contributed by atoms with Crippen LogP contribution >= 0.6 is 0 Å². The highest BCUT2D eigenvalue weighted by Crippen LogP contribution is 2.20. The molecule has 3 aromatic rings. The second-order valence-electron chi connectivity index (χ2n) is 3.11. The van der Waals surface area contributed by atoms with Crippen molar-refractivity contribution in [3.05, 3.63) is 18.6 Å². The molecule has 0 aliphatic rings. The molecule has 3 rings (SSSR count). The van der Waals surface area contributed by atoms with E-state index in [0.717, 1.165) is 16.6 Å². The summed E-state index contributed by atoms with van der Waals surface area (Å²) in [6.07, 6.45) is 5.20. The van der Waals surface area contributed by atoms with Crippen LogP contribution in [0.3, 0.4) is 0 Å². The Labute approximate surface area is 79.0 Å². The van der Waals surface area contributed by atoms with Crippen molar-refractivity contribution in [3.8, 4) is 0 Å². The van der Waals surface area contributed by atoms with Crippen LogP contribution in [0.2, 0.25) is 0 Å². The smallest absolute Gasteiger partial charge is 0.170 e. The third kappa shape index (κ3) is 0.723. The molecule has 0 unspecified atom stereocenters. The SMILES string of the molecule is Cn1ncc2c1c(N)nn1ccnc21. The fourth-order valence-corrected chi connectivity index (χ4v) is 1.64. The molecule has 6 heteroatoms. The Balaban J connectivity index is 2.68. The van der Waals surface area contributed by atoms with Crippen LogP contribution in [0.1, 0.15) is 0 Å². The lowest BCUT2D eigenvalue weighted by molar-refractivity contribution is 0.794. The van der Waals surface area contributed by atoms with Gasteiger partial charge in [-0.2, -0.15) is 5.10 Å². The van der Waals surface area contributed by atoms with E-state index < -0.39 is 0 Å². The standard InChI is InChI=1S/C8H8N6/c1-13-6-5(4-11-13)8-10-2-3-14(8)12-7(6)9/h2-4H,1H3,(H2,9,12). The van der Waals surface area contributed by atoms with E-state index in [1.165, 1.54) is 0 Å². The topological polar surface area (TPSA) is 74.0 Å². The lowest BCUT2D eigenvalue weighted by Gasteiger charge is -1.99. The molecular formula is C8H8N6. The Morgan fingerprint density at radius 3 is 3.14 bits per heavy atom. The Bertz CT molecular complexity index is 619. The Morgan fingerprint density at radius 1 is 1.43 bits per heavy atom. The molecule has 6 nitrogen and oxygen atoms in total. The van der Waals surface area contributed by atoms with Crippen LogP contribution in [0, 0.1) is 0 Å². The summed E-state index contributed by atoms with van der Waals surface area (Å²) in [5.74, 6) is 0.463. The monoisotopic (exact) mass is 188 g/mol. The van der Waals surface area contributed by atoms with E-state index >= 15 is 0 Å². The predicted octanol–water partition coefficient (Wildman–Crippen LogP) is 0.198. The zero-order valence-corrected chi connectivity index (χ0v) is 7.55. The maximum atomic E-state index is 5.81. The average Bonchev–Trinajstić information content (AvgIpc) is 2.71. The van der Waals surface area contributed by atoms with E-state index in [0.29, 0.717) is 5.82 Å². The number of nitrogen functional groups attached to an aromatic ring is 1. The summed E-state index contributed by atoms with van der Waals surface area (Å²) in [5, 5.41) is 9.22. The number of rotatable bonds is 0. The number of imidazole rings is 1. The minimum absolute atomic E-state index is 0.463. The van der Waals surface area contributed by atoms with Gasteiger partial charge < -0.3 is 5.73 Å². The third-order valence-corrected chi connectivity index (χ3v) is 2.26. The number of nitrogens with zero attached hydrogens (tertiary/aromatic N) is 5. The molecule has 2 N–H and O–H groups in total. The molecule has 14 heavy (non-hydrogen) atoms. The summed E-state index contributed by atoms with van der Waals surface area (Å²) in [5.41, 5.74) is 7.41. The van der Waals surface area contributed by atoms with Crippen molar-refractivity contribution in [3.63, 3.8) is 0 Å². The molecule has 0 bridgehead atoms. The van der Waals surface area contributed by atoms with Crippen LogP contribution in [0.5, 0.6) is 0 Å². The average molecular weight is 188 g/mol. The molecule has 3 aromatic heterocycles. The van der Waals surface area contributed by atoms with Crippen molar-refractivity contribution < 1.29 is 0 Å². The molecule has 0 atom stereocenters. The maximum absolute atomic E-state index is 5.81. The van der Waals surface area contributed by atoms with Crippen molar-refractivity contribution in [2.24, 2.45) is 7.05 Å². The number of aryl methyl sites for hydroxylation is 1. The van der Waals surface area contributed by atoms with Gasteiger partial charge in [0.1, 0.15) is 5.52 Å². The molecule has 0 aromatic carbocycles. The quantitative estimate of drug-likeness (QED) is 0.546. The summed E-state index contributed by atoms with van der Waals surface area (Å²) in [7, 11) is 1.83. The molecule has 0 radical (unpaired) electrons. The first-order valence-corrected chi connectivity index (χ1v) is 4.18. The summed E-state index contributed by atoms with van der Waals surface area (Å²) in [6.45, 7) is 0. The van der Waals surface area contributed by atoms with Gasteiger partial charge in [-0.25, -0.2) is 9.50 Å². The van der Waals surface area contributed by atoms with Gasteiger partial charge in [-0.15, -0.1) is 5.10 Å². The van der Waals surface area contributed by atoms with E-state index in [-0.39, 0.29) is 0 Å². The Morgan fingerprint density at radius 2 is 2.29 bits per heavy atom. The lowest BCUT2D eigenvalue weighted by Crippen LogP contribution is -2.01. The van der Waals surface area contributed by atoms with Crippen LogP contribution in [-0.4, -0.2) is 24.4 Å². The second kappa shape index (κ2) is 2.22. The second-order valence-corrected chi connectivity index (χ2v) is 3.11. The number of nitrogens with two attached hydrogens (primary N) is 1. The zero-order valence-electron chi connectivity index (χ0n) is 7.55. The van der Waals surface area contributed by atoms with Gasteiger partial charge in [0.05, 0.1) is 11.6 Å². The van der Waals surface area contributed by atoms with Crippen molar-refractivity contribution in [2.75, 3.05) is 5.73 Å². The number of hydrogen-bond acceptors (Lipinski definition) is 4. The molecule has 0 aliphatic carbocycles. The third-order valence-electron chi connectivity index (χ3n) is 2.26. The van der Waals surface area contributed by atoms with Gasteiger partial charge in [0.25, 0.3) is 0 Å². The van der Waals surface area contributed by atoms with Crippen molar-refractivity contribution in [2.45, 2.75) is 0 Å². The largest absolute Gasteiger partial charge is 0.380 e. The number of fused-ring (bicyclic) bond motifs is 3. The van der Waals surface area contributed by atoms with E-state index in [2.05, 4.69) is 15.2 Å². The molecular weight excluding hydrogens is 180 g/mol. The van der Waals surface area contributed by atoms with Crippen molar-refractivity contribution in [1.82, 2.24) is 24.4 Å². The van der Waals surface area contributed by atoms with Gasteiger partial charge in [-0.3, -0.25) is 4.68 Å². The molecule has 0 spiro atoms. The van der Waals surface area contributed by atoms with E-state index in [9.17, 15) is 0 Å². The molecule has 0 amide bonds. The van der Waals surface area contributed by atoms with Crippen LogP contribution in [-0.2, 0) is 7.05 Å². The minimum Gasteiger partial charge on any atom is -0.380 e. The summed E-state index contributed by atoms with van der Waals surface area (Å²) in [4.78, 5) is 4.19. The molecule has 0 saturated carbocycles. The van der Waals surface area contributed by atoms with Gasteiger partial charge in [0.15, 0.2) is 11.5 Å². The van der Waals surface area contributed by atoms with Crippen LogP contribution in [0.15, 0.2) is 18.6 Å². The number of hydrogen-bond donors (Lipinski definition) is 1. The summed E-state index contributed by atoms with van der Waals surface area (Å²) < 4.78 is 3.35. The van der Waals surface area contributed by atoms with E-state index in [4.69, 9.17) is 5.73 Å². The first kappa shape index (κ1) is 7.31. The number of aromatic nitrogens is 5. The van der Waals surface area contributed by atoms with Gasteiger partial charge in [0, 0.05) is 19.4 Å². The highest BCUT2D eigenvalue weighted by molar-refractivity contribution is 5.96. The fraction of sp³-hybridized carbons (Fsp3) is 0.125. The molecule has 0 aliphatic heterocycles. The predicted molar refractivity (Wildman–Crippen MR) is 51.7 cm³/mol. The molecule has 0 saturated heterocycles. The number of anilines is 1.